The van der Waals surface area contributed by atoms with Crippen molar-refractivity contribution < 1.29 is 23.4 Å². The van der Waals surface area contributed by atoms with Crippen LogP contribution in [0.3, 0.4) is 0 Å². The molecular formula is C29H33F2N7O3. The highest BCUT2D eigenvalue weighted by Crippen LogP contribution is 2.39. The summed E-state index contributed by atoms with van der Waals surface area (Å²) >= 11 is 0. The number of fused-ring (bicyclic) bond motifs is 1. The molecule has 0 aliphatic heterocycles. The first-order valence-electron chi connectivity index (χ1n) is 12.9. The van der Waals surface area contributed by atoms with Crippen molar-refractivity contribution in [3.8, 4) is 17.0 Å². The van der Waals surface area contributed by atoms with Gasteiger partial charge in [0, 0.05) is 61.6 Å². The highest BCUT2D eigenvalue weighted by Gasteiger charge is 2.20. The van der Waals surface area contributed by atoms with Crippen LogP contribution in [-0.2, 0) is 11.3 Å². The molecule has 0 aliphatic carbocycles. The number of carbonyl (C=O) groups excluding carboxylic acids is 1. The summed E-state index contributed by atoms with van der Waals surface area (Å²) in [5, 5.41) is 16.2. The summed E-state index contributed by atoms with van der Waals surface area (Å²) in [5.41, 5.74) is 3.33. The number of benzene rings is 2. The van der Waals surface area contributed by atoms with Gasteiger partial charge in [-0.05, 0) is 38.4 Å². The Bertz CT molecular complexity index is 1520. The summed E-state index contributed by atoms with van der Waals surface area (Å²) in [6.45, 7) is 2.05. The number of carbonyl (C=O) groups is 1. The molecule has 0 fully saturated rings. The molecule has 1 amide bonds. The molecule has 2 aromatic carbocycles. The zero-order valence-electron chi connectivity index (χ0n) is 23.1. The lowest BCUT2D eigenvalue weighted by molar-refractivity contribution is -0.111. The number of rotatable bonds is 13. The first-order valence-corrected chi connectivity index (χ1v) is 12.9. The molecule has 0 unspecified atom stereocenters. The Morgan fingerprint density at radius 1 is 1.17 bits per heavy atom. The summed E-state index contributed by atoms with van der Waals surface area (Å²) in [6.07, 6.45) is 4.58. The summed E-state index contributed by atoms with van der Waals surface area (Å²) in [4.78, 5) is 25.0. The number of nitrogens with zero attached hydrogens (tertiary/aromatic N) is 5. The molecule has 0 atom stereocenters. The Balaban J connectivity index is 1.75. The Hall–Kier alpha value is -4.55. The molecule has 10 nitrogen and oxygen atoms in total. The van der Waals surface area contributed by atoms with Crippen LogP contribution in [0.15, 0.2) is 67.5 Å². The minimum Gasteiger partial charge on any atom is -0.433 e. The predicted octanol–water partition coefficient (Wildman–Crippen LogP) is 4.56. The van der Waals surface area contributed by atoms with E-state index in [9.17, 15) is 18.7 Å². The third-order valence-electron chi connectivity index (χ3n) is 6.36. The number of ether oxygens (including phenoxy) is 1. The van der Waals surface area contributed by atoms with E-state index in [4.69, 9.17) is 4.74 Å². The number of aromatic nitrogens is 3. The van der Waals surface area contributed by atoms with Gasteiger partial charge in [-0.3, -0.25) is 4.79 Å². The molecule has 2 aromatic heterocycles. The first kappa shape index (κ1) is 29.4. The summed E-state index contributed by atoms with van der Waals surface area (Å²) in [5.74, 6) is -0.467. The fraction of sp³-hybridized carbons (Fsp3) is 0.276. The van der Waals surface area contributed by atoms with Crippen molar-refractivity contribution in [1.29, 1.82) is 0 Å². The minimum absolute atomic E-state index is 0.0212. The molecule has 41 heavy (non-hydrogen) atoms. The van der Waals surface area contributed by atoms with Crippen molar-refractivity contribution in [3.05, 3.63) is 67.5 Å². The van der Waals surface area contributed by atoms with Crippen molar-refractivity contribution >= 4 is 39.8 Å². The number of aliphatic hydroxyl groups is 1. The number of nitrogens with one attached hydrogen (secondary N) is 2. The van der Waals surface area contributed by atoms with Crippen LogP contribution in [0.1, 0.15) is 0 Å². The number of hydrogen-bond acceptors (Lipinski definition) is 8. The average molecular weight is 566 g/mol. The van der Waals surface area contributed by atoms with Gasteiger partial charge in [0.2, 0.25) is 11.9 Å². The molecule has 0 aliphatic rings. The van der Waals surface area contributed by atoms with E-state index in [0.717, 1.165) is 22.5 Å². The molecule has 0 saturated carbocycles. The Morgan fingerprint density at radius 2 is 1.95 bits per heavy atom. The quantitative estimate of drug-likeness (QED) is 0.203. The van der Waals surface area contributed by atoms with Gasteiger partial charge in [0.05, 0.1) is 29.4 Å². The lowest BCUT2D eigenvalue weighted by Gasteiger charge is -2.26. The summed E-state index contributed by atoms with van der Waals surface area (Å²) < 4.78 is 33.8. The normalized spacial score (nSPS) is 11.2. The van der Waals surface area contributed by atoms with Gasteiger partial charge in [-0.25, -0.2) is 9.97 Å². The molecule has 3 N–H and O–H groups in total. The Labute approximate surface area is 236 Å². The SMILES string of the molecule is C=CC(=O)Nc1cc(Nc2nccc(-c3cn(CCO)c4ccccc34)n2)c(OC(F)F)cc1N(C)CCN(C)C. The summed E-state index contributed by atoms with van der Waals surface area (Å²) in [6, 6.07) is 12.4. The van der Waals surface area contributed by atoms with Crippen LogP contribution in [0.25, 0.3) is 22.2 Å². The van der Waals surface area contributed by atoms with Crippen LogP contribution in [-0.4, -0.2) is 77.9 Å². The first-order chi connectivity index (χ1) is 19.7. The van der Waals surface area contributed by atoms with Crippen LogP contribution in [0.4, 0.5) is 31.8 Å². The van der Waals surface area contributed by atoms with Gasteiger partial charge in [0.15, 0.2) is 5.75 Å². The Morgan fingerprint density at radius 3 is 2.66 bits per heavy atom. The molecule has 12 heteroatoms. The van der Waals surface area contributed by atoms with Gasteiger partial charge in [0.25, 0.3) is 0 Å². The van der Waals surface area contributed by atoms with Gasteiger partial charge < -0.3 is 34.8 Å². The second-order valence-electron chi connectivity index (χ2n) is 9.53. The van der Waals surface area contributed by atoms with E-state index in [-0.39, 0.29) is 24.0 Å². The number of alkyl halides is 2. The second kappa shape index (κ2) is 13.2. The number of hydrogen-bond donors (Lipinski definition) is 3. The number of para-hydroxylation sites is 1. The van der Waals surface area contributed by atoms with Crippen LogP contribution >= 0.6 is 0 Å². The third kappa shape index (κ3) is 7.16. The lowest BCUT2D eigenvalue weighted by Crippen LogP contribution is -2.29. The van der Waals surface area contributed by atoms with Gasteiger partial charge >= 0.3 is 6.61 Å². The van der Waals surface area contributed by atoms with Crippen LogP contribution in [0.2, 0.25) is 0 Å². The average Bonchev–Trinajstić information content (AvgIpc) is 3.31. The van der Waals surface area contributed by atoms with Crippen molar-refractivity contribution in [2.45, 2.75) is 13.2 Å². The minimum atomic E-state index is -3.09. The van der Waals surface area contributed by atoms with Crippen LogP contribution < -0.4 is 20.3 Å². The summed E-state index contributed by atoms with van der Waals surface area (Å²) in [7, 11) is 5.64. The highest BCUT2D eigenvalue weighted by atomic mass is 19.3. The monoisotopic (exact) mass is 565 g/mol. The van der Waals surface area contributed by atoms with Crippen molar-refractivity contribution in [3.63, 3.8) is 0 Å². The van der Waals surface area contributed by atoms with E-state index in [0.29, 0.717) is 36.7 Å². The van der Waals surface area contributed by atoms with Gasteiger partial charge in [-0.2, -0.15) is 8.78 Å². The second-order valence-corrected chi connectivity index (χ2v) is 9.53. The zero-order chi connectivity index (χ0) is 29.5. The highest BCUT2D eigenvalue weighted by molar-refractivity contribution is 6.02. The predicted molar refractivity (Wildman–Crippen MR) is 157 cm³/mol. The van der Waals surface area contributed by atoms with Crippen molar-refractivity contribution in [2.24, 2.45) is 0 Å². The number of likely N-dealkylation sites (N-methyl/N-ethyl adjacent to an activating group) is 2. The van der Waals surface area contributed by atoms with E-state index < -0.39 is 12.5 Å². The number of amides is 1. The zero-order valence-corrected chi connectivity index (χ0v) is 23.1. The molecule has 0 spiro atoms. The van der Waals surface area contributed by atoms with E-state index >= 15 is 0 Å². The van der Waals surface area contributed by atoms with Crippen molar-refractivity contribution in [1.82, 2.24) is 19.4 Å². The van der Waals surface area contributed by atoms with Gasteiger partial charge in [-0.15, -0.1) is 0 Å². The third-order valence-corrected chi connectivity index (χ3v) is 6.36. The maximum absolute atomic E-state index is 13.5. The fourth-order valence-corrected chi connectivity index (χ4v) is 4.36. The maximum Gasteiger partial charge on any atom is 0.387 e. The smallest absolute Gasteiger partial charge is 0.387 e. The van der Waals surface area contributed by atoms with Gasteiger partial charge in [0.1, 0.15) is 0 Å². The van der Waals surface area contributed by atoms with E-state index in [1.807, 2.05) is 58.9 Å². The van der Waals surface area contributed by atoms with Crippen LogP contribution in [0.5, 0.6) is 5.75 Å². The Kier molecular flexibility index (Phi) is 9.48. The van der Waals surface area contributed by atoms with E-state index in [1.165, 1.54) is 12.1 Å². The van der Waals surface area contributed by atoms with E-state index in [2.05, 4.69) is 27.2 Å². The molecule has 4 aromatic rings. The van der Waals surface area contributed by atoms with Gasteiger partial charge in [-0.1, -0.05) is 24.8 Å². The molecule has 216 valence electrons. The molecule has 0 bridgehead atoms. The number of anilines is 4. The fourth-order valence-electron chi connectivity index (χ4n) is 4.36. The maximum atomic E-state index is 13.5. The largest absolute Gasteiger partial charge is 0.433 e. The molecule has 4 rings (SSSR count). The van der Waals surface area contributed by atoms with Crippen LogP contribution in [0, 0.1) is 0 Å². The topological polar surface area (TPSA) is 108 Å². The van der Waals surface area contributed by atoms with E-state index in [1.54, 1.807) is 19.3 Å². The standard InChI is InChI=1S/C29H33F2N7O3/c1-5-27(40)33-22-16-23(26(41-28(30)31)17-25(22)37(4)13-12-36(2)3)35-29-32-11-10-21(34-29)20-18-38(14-15-39)24-9-7-6-8-19(20)24/h5-11,16-18,28,39H,1,12-15H2,2-4H3,(H,33,40)(H,32,34,35). The molecule has 0 saturated heterocycles. The lowest BCUT2D eigenvalue weighted by atomic mass is 10.1. The van der Waals surface area contributed by atoms with Crippen molar-refractivity contribution in [2.75, 3.05) is 56.4 Å². The molecular weight excluding hydrogens is 532 g/mol. The molecule has 0 radical (unpaired) electrons. The number of halogens is 2. The molecule has 2 heterocycles. The number of aliphatic hydroxyl groups excluding tert-OH is 1.